The summed E-state index contributed by atoms with van der Waals surface area (Å²) >= 11 is 1.91. The fourth-order valence-electron chi connectivity index (χ4n) is 3.36. The molecule has 124 valence electrons. The number of thioether (sulfide) groups is 1. The number of nitrogens with zero attached hydrogens (tertiary/aromatic N) is 2. The zero-order valence-corrected chi connectivity index (χ0v) is 14.5. The maximum Gasteiger partial charge on any atom is 0.157 e. The van der Waals surface area contributed by atoms with Crippen LogP contribution in [0.4, 0.5) is 11.5 Å². The lowest BCUT2D eigenvalue weighted by atomic mass is 10.1. The third kappa shape index (κ3) is 2.33. The molecule has 25 heavy (non-hydrogen) atoms. The lowest BCUT2D eigenvalue weighted by Crippen LogP contribution is -1.97. The molecular formula is C19H16N4OS. The van der Waals surface area contributed by atoms with Gasteiger partial charge in [0.15, 0.2) is 5.82 Å². The van der Waals surface area contributed by atoms with Crippen LogP contribution >= 0.6 is 11.8 Å². The largest absolute Gasteiger partial charge is 0.496 e. The van der Waals surface area contributed by atoms with Gasteiger partial charge in [-0.25, -0.2) is 4.98 Å². The number of methoxy groups -OCH3 is 1. The predicted octanol–water partition coefficient (Wildman–Crippen LogP) is 4.51. The minimum atomic E-state index is 0.774. The smallest absolute Gasteiger partial charge is 0.157 e. The number of pyridine rings is 1. The van der Waals surface area contributed by atoms with Crippen LogP contribution in [0.5, 0.6) is 5.75 Å². The average molecular weight is 348 g/mol. The molecule has 0 unspecified atom stereocenters. The highest BCUT2D eigenvalue weighted by atomic mass is 32.2. The summed E-state index contributed by atoms with van der Waals surface area (Å²) in [6.07, 6.45) is 2.98. The summed E-state index contributed by atoms with van der Waals surface area (Å²) in [5.74, 6) is 2.74. The Kier molecular flexibility index (Phi) is 3.31. The number of hydrogen-bond donors (Lipinski definition) is 2. The lowest BCUT2D eigenvalue weighted by molar-refractivity contribution is 0.420. The van der Waals surface area contributed by atoms with Crippen LogP contribution < -0.4 is 10.1 Å². The molecule has 4 aromatic rings. The molecule has 2 N–H and O–H groups in total. The van der Waals surface area contributed by atoms with Crippen molar-refractivity contribution in [3.8, 4) is 5.75 Å². The molecule has 0 aliphatic carbocycles. The Morgan fingerprint density at radius 2 is 2.20 bits per heavy atom. The highest BCUT2D eigenvalue weighted by Gasteiger charge is 2.15. The molecule has 5 nitrogen and oxygen atoms in total. The maximum absolute atomic E-state index is 5.51. The molecule has 2 aromatic carbocycles. The highest BCUT2D eigenvalue weighted by Crippen LogP contribution is 2.37. The van der Waals surface area contributed by atoms with Gasteiger partial charge in [-0.3, -0.25) is 5.10 Å². The third-order valence-corrected chi connectivity index (χ3v) is 5.66. The van der Waals surface area contributed by atoms with E-state index in [0.29, 0.717) is 0 Å². The van der Waals surface area contributed by atoms with Crippen LogP contribution in [0.3, 0.4) is 0 Å². The Bertz CT molecular complexity index is 1110. The van der Waals surface area contributed by atoms with Gasteiger partial charge in [0.1, 0.15) is 11.3 Å². The normalized spacial score (nSPS) is 13.3. The second-order valence-corrected chi connectivity index (χ2v) is 7.16. The van der Waals surface area contributed by atoms with Crippen LogP contribution in [0.15, 0.2) is 47.5 Å². The van der Waals surface area contributed by atoms with E-state index in [0.717, 1.165) is 51.2 Å². The molecule has 0 saturated carbocycles. The third-order valence-electron chi connectivity index (χ3n) is 4.56. The SMILES string of the molecule is COc1cccc2nc(Nc3ccc4c(c3)SCC4)c3[nH]ncc3c12. The van der Waals surface area contributed by atoms with Gasteiger partial charge in [-0.05, 0) is 36.2 Å². The quantitative estimate of drug-likeness (QED) is 0.570. The lowest BCUT2D eigenvalue weighted by Gasteiger charge is -2.11. The molecular weight excluding hydrogens is 332 g/mol. The van der Waals surface area contributed by atoms with Gasteiger partial charge in [0.2, 0.25) is 0 Å². The van der Waals surface area contributed by atoms with E-state index in [1.807, 2.05) is 36.2 Å². The fourth-order valence-corrected chi connectivity index (χ4v) is 4.47. The predicted molar refractivity (Wildman–Crippen MR) is 102 cm³/mol. The molecule has 0 atom stereocenters. The van der Waals surface area contributed by atoms with Gasteiger partial charge < -0.3 is 10.1 Å². The first kappa shape index (κ1) is 14.6. The molecule has 5 rings (SSSR count). The molecule has 1 aliphatic heterocycles. The van der Waals surface area contributed by atoms with Crippen LogP contribution in [-0.4, -0.2) is 28.0 Å². The number of rotatable bonds is 3. The van der Waals surface area contributed by atoms with Crippen LogP contribution in [0.1, 0.15) is 5.56 Å². The van der Waals surface area contributed by atoms with Crippen LogP contribution in [0.2, 0.25) is 0 Å². The number of benzene rings is 2. The van der Waals surface area contributed by atoms with E-state index in [9.17, 15) is 0 Å². The molecule has 0 fully saturated rings. The van der Waals surface area contributed by atoms with Crippen molar-refractivity contribution in [1.82, 2.24) is 15.2 Å². The van der Waals surface area contributed by atoms with Crippen molar-refractivity contribution < 1.29 is 4.74 Å². The van der Waals surface area contributed by atoms with E-state index in [1.54, 1.807) is 7.11 Å². The van der Waals surface area contributed by atoms with Crippen molar-refractivity contribution in [2.24, 2.45) is 0 Å². The molecule has 1 aliphatic rings. The molecule has 2 aromatic heterocycles. The molecule has 0 saturated heterocycles. The standard InChI is InChI=1S/C19H16N4OS/c1-24-15-4-2-3-14-17(15)13-10-20-23-18(13)19(22-14)21-12-6-5-11-7-8-25-16(11)9-12/h2-6,9-10H,7-8H2,1H3,(H,20,23)(H,21,22). The van der Waals surface area contributed by atoms with E-state index in [1.165, 1.54) is 10.5 Å². The maximum atomic E-state index is 5.51. The first-order chi connectivity index (χ1) is 12.3. The summed E-state index contributed by atoms with van der Waals surface area (Å²) < 4.78 is 5.51. The Hall–Kier alpha value is -2.73. The van der Waals surface area contributed by atoms with Gasteiger partial charge in [0, 0.05) is 21.7 Å². The number of fused-ring (bicyclic) bond motifs is 4. The van der Waals surface area contributed by atoms with Crippen LogP contribution in [-0.2, 0) is 6.42 Å². The minimum Gasteiger partial charge on any atom is -0.496 e. The van der Waals surface area contributed by atoms with Gasteiger partial charge in [-0.2, -0.15) is 5.10 Å². The molecule has 6 heteroatoms. The molecule has 0 amide bonds. The van der Waals surface area contributed by atoms with Crippen molar-refractivity contribution >= 4 is 45.1 Å². The number of aromatic amines is 1. The number of anilines is 2. The summed E-state index contributed by atoms with van der Waals surface area (Å²) in [5, 5.41) is 12.7. The zero-order chi connectivity index (χ0) is 16.8. The van der Waals surface area contributed by atoms with Gasteiger partial charge >= 0.3 is 0 Å². The van der Waals surface area contributed by atoms with Gasteiger partial charge in [0.05, 0.1) is 24.2 Å². The van der Waals surface area contributed by atoms with Gasteiger partial charge in [-0.1, -0.05) is 12.1 Å². The minimum absolute atomic E-state index is 0.774. The number of aryl methyl sites for hydroxylation is 1. The molecule has 0 spiro atoms. The van der Waals surface area contributed by atoms with Gasteiger partial charge in [0.25, 0.3) is 0 Å². The van der Waals surface area contributed by atoms with Crippen molar-refractivity contribution in [1.29, 1.82) is 0 Å². The number of ether oxygens (including phenoxy) is 1. The van der Waals surface area contributed by atoms with Crippen LogP contribution in [0, 0.1) is 0 Å². The summed E-state index contributed by atoms with van der Waals surface area (Å²) in [4.78, 5) is 6.16. The zero-order valence-electron chi connectivity index (χ0n) is 13.7. The summed E-state index contributed by atoms with van der Waals surface area (Å²) in [6, 6.07) is 12.4. The molecule has 0 bridgehead atoms. The number of hydrogen-bond acceptors (Lipinski definition) is 5. The van der Waals surface area contributed by atoms with Crippen molar-refractivity contribution in [2.45, 2.75) is 11.3 Å². The number of H-pyrrole nitrogens is 1. The second-order valence-electron chi connectivity index (χ2n) is 6.02. The number of nitrogens with one attached hydrogen (secondary N) is 2. The van der Waals surface area contributed by atoms with Crippen molar-refractivity contribution in [3.05, 3.63) is 48.2 Å². The van der Waals surface area contributed by atoms with E-state index in [4.69, 9.17) is 9.72 Å². The van der Waals surface area contributed by atoms with E-state index >= 15 is 0 Å². The Labute approximate surface area is 148 Å². The summed E-state index contributed by atoms with van der Waals surface area (Å²) in [5.41, 5.74) is 4.23. The Morgan fingerprint density at radius 1 is 1.24 bits per heavy atom. The fraction of sp³-hybridized carbons (Fsp3) is 0.158. The van der Waals surface area contributed by atoms with E-state index < -0.39 is 0 Å². The van der Waals surface area contributed by atoms with Crippen molar-refractivity contribution in [3.63, 3.8) is 0 Å². The molecule has 3 heterocycles. The Morgan fingerprint density at radius 3 is 3.12 bits per heavy atom. The second kappa shape index (κ2) is 5.67. The monoisotopic (exact) mass is 348 g/mol. The average Bonchev–Trinajstić information content (AvgIpc) is 3.30. The summed E-state index contributed by atoms with van der Waals surface area (Å²) in [7, 11) is 1.68. The number of aromatic nitrogens is 3. The van der Waals surface area contributed by atoms with Crippen molar-refractivity contribution in [2.75, 3.05) is 18.2 Å². The first-order valence-electron chi connectivity index (χ1n) is 8.16. The summed E-state index contributed by atoms with van der Waals surface area (Å²) in [6.45, 7) is 0. The van der Waals surface area contributed by atoms with E-state index in [-0.39, 0.29) is 0 Å². The first-order valence-corrected chi connectivity index (χ1v) is 9.14. The topological polar surface area (TPSA) is 62.8 Å². The van der Waals surface area contributed by atoms with Gasteiger partial charge in [-0.15, -0.1) is 11.8 Å². The Balaban J connectivity index is 1.67. The highest BCUT2D eigenvalue weighted by molar-refractivity contribution is 7.99. The van der Waals surface area contributed by atoms with Crippen LogP contribution in [0.25, 0.3) is 21.8 Å². The van der Waals surface area contributed by atoms with E-state index in [2.05, 4.69) is 33.7 Å². The molecule has 0 radical (unpaired) electrons.